The molecule has 0 spiro atoms. The minimum absolute atomic E-state index is 0.670. The van der Waals surface area contributed by atoms with Crippen molar-refractivity contribution in [2.75, 3.05) is 13.7 Å². The molecule has 118 valence electrons. The molecule has 1 aromatic carbocycles. The summed E-state index contributed by atoms with van der Waals surface area (Å²) in [5.74, 6) is 0.872. The van der Waals surface area contributed by atoms with Crippen LogP contribution in [0.3, 0.4) is 0 Å². The third-order valence-corrected chi connectivity index (χ3v) is 4.96. The van der Waals surface area contributed by atoms with Gasteiger partial charge in [-0.2, -0.15) is 5.10 Å². The van der Waals surface area contributed by atoms with Crippen molar-refractivity contribution in [1.29, 1.82) is 0 Å². The number of benzene rings is 1. The maximum Gasteiger partial charge on any atom is 0.205 e. The summed E-state index contributed by atoms with van der Waals surface area (Å²) in [6.45, 7) is 2.65. The molecular weight excluding hydrogens is 326 g/mol. The molecule has 0 saturated carbocycles. The summed E-state index contributed by atoms with van der Waals surface area (Å²) in [7, 11) is 1.78. The lowest BCUT2D eigenvalue weighted by Gasteiger charge is -2.03. The Morgan fingerprint density at radius 1 is 1.17 bits per heavy atom. The van der Waals surface area contributed by atoms with Crippen molar-refractivity contribution in [2.24, 2.45) is 10.1 Å². The number of thiazole rings is 1. The van der Waals surface area contributed by atoms with E-state index in [1.54, 1.807) is 29.7 Å². The first-order valence-electron chi connectivity index (χ1n) is 7.26. The van der Waals surface area contributed by atoms with Crippen LogP contribution in [0.5, 0.6) is 5.75 Å². The summed E-state index contributed by atoms with van der Waals surface area (Å²) in [6, 6.07) is 12.0. The van der Waals surface area contributed by atoms with Gasteiger partial charge in [-0.3, -0.25) is 4.99 Å². The van der Waals surface area contributed by atoms with Gasteiger partial charge in [-0.05, 0) is 48.2 Å². The van der Waals surface area contributed by atoms with Gasteiger partial charge in [0, 0.05) is 12.4 Å². The fourth-order valence-corrected chi connectivity index (χ4v) is 3.69. The summed E-state index contributed by atoms with van der Waals surface area (Å²) in [4.78, 5) is 6.36. The highest BCUT2D eigenvalue weighted by molar-refractivity contribution is 7.14. The van der Waals surface area contributed by atoms with Gasteiger partial charge in [0.25, 0.3) is 0 Å². The molecule has 4 nitrogen and oxygen atoms in total. The normalized spacial score (nSPS) is 12.2. The quantitative estimate of drug-likeness (QED) is 0.643. The molecule has 0 N–H and O–H groups in total. The van der Waals surface area contributed by atoms with Crippen LogP contribution in [-0.2, 0) is 0 Å². The van der Waals surface area contributed by atoms with E-state index >= 15 is 0 Å². The van der Waals surface area contributed by atoms with Crippen molar-refractivity contribution < 1.29 is 4.74 Å². The smallest absolute Gasteiger partial charge is 0.205 e. The molecular formula is C17H17N3OS2. The van der Waals surface area contributed by atoms with Crippen LogP contribution < -0.4 is 9.54 Å². The van der Waals surface area contributed by atoms with Crippen molar-refractivity contribution in [1.82, 2.24) is 4.68 Å². The molecule has 0 unspecified atom stereocenters. The minimum atomic E-state index is 0.670. The zero-order valence-corrected chi connectivity index (χ0v) is 14.6. The Hall–Kier alpha value is -2.18. The average Bonchev–Trinajstić information content (AvgIpc) is 3.23. The standard InChI is InChI=1S/C17H17N3OS2/c1-3-21-14-8-6-13(7-9-14)11-19-20-15(12-23-17(20)18-2)16-5-4-10-22-16/h4-12H,3H2,1-2H3. The van der Waals surface area contributed by atoms with E-state index in [0.29, 0.717) is 6.61 Å². The zero-order valence-electron chi connectivity index (χ0n) is 13.0. The van der Waals surface area contributed by atoms with Crippen molar-refractivity contribution in [2.45, 2.75) is 6.92 Å². The Kier molecular flexibility index (Phi) is 5.05. The Morgan fingerprint density at radius 3 is 2.65 bits per heavy atom. The number of rotatable bonds is 5. The van der Waals surface area contributed by atoms with Crippen LogP contribution in [0.4, 0.5) is 0 Å². The van der Waals surface area contributed by atoms with Crippen molar-refractivity contribution in [3.63, 3.8) is 0 Å². The van der Waals surface area contributed by atoms with Crippen LogP contribution >= 0.6 is 22.7 Å². The number of hydrogen-bond acceptors (Lipinski definition) is 5. The van der Waals surface area contributed by atoms with Gasteiger partial charge in [0.1, 0.15) is 5.75 Å². The first-order valence-corrected chi connectivity index (χ1v) is 9.02. The lowest BCUT2D eigenvalue weighted by atomic mass is 10.2. The molecule has 0 aliphatic rings. The molecule has 2 aromatic heterocycles. The summed E-state index contributed by atoms with van der Waals surface area (Å²) in [5, 5.41) is 8.77. The fourth-order valence-electron chi connectivity index (χ4n) is 2.10. The van der Waals surface area contributed by atoms with Gasteiger partial charge in [0.05, 0.1) is 23.4 Å². The van der Waals surface area contributed by atoms with E-state index in [2.05, 4.69) is 26.9 Å². The van der Waals surface area contributed by atoms with Crippen LogP contribution in [0.2, 0.25) is 0 Å². The Bertz CT molecular complexity index is 843. The third kappa shape index (κ3) is 3.60. The lowest BCUT2D eigenvalue weighted by Crippen LogP contribution is -2.11. The van der Waals surface area contributed by atoms with Gasteiger partial charge in [-0.15, -0.1) is 22.7 Å². The first kappa shape index (κ1) is 15.7. The van der Waals surface area contributed by atoms with E-state index in [-0.39, 0.29) is 0 Å². The van der Waals surface area contributed by atoms with Gasteiger partial charge < -0.3 is 4.74 Å². The molecule has 0 amide bonds. The topological polar surface area (TPSA) is 38.9 Å². The van der Waals surface area contributed by atoms with Crippen LogP contribution in [0.25, 0.3) is 10.6 Å². The summed E-state index contributed by atoms with van der Waals surface area (Å²) >= 11 is 3.28. The second-order valence-corrected chi connectivity index (χ2v) is 6.45. The average molecular weight is 343 g/mol. The monoisotopic (exact) mass is 343 g/mol. The van der Waals surface area contributed by atoms with Crippen LogP contribution in [-0.4, -0.2) is 24.5 Å². The van der Waals surface area contributed by atoms with Crippen molar-refractivity contribution in [3.8, 4) is 16.3 Å². The van der Waals surface area contributed by atoms with E-state index < -0.39 is 0 Å². The molecule has 0 aliphatic heterocycles. The first-order chi connectivity index (χ1) is 11.3. The van der Waals surface area contributed by atoms with Gasteiger partial charge in [-0.1, -0.05) is 6.07 Å². The zero-order chi connectivity index (χ0) is 16.1. The Labute approximate surface area is 143 Å². The molecule has 0 fully saturated rings. The molecule has 0 aliphatic carbocycles. The van der Waals surface area contributed by atoms with Gasteiger partial charge in [-0.25, -0.2) is 4.68 Å². The second kappa shape index (κ2) is 7.39. The van der Waals surface area contributed by atoms with E-state index in [9.17, 15) is 0 Å². The predicted molar refractivity (Wildman–Crippen MR) is 97.7 cm³/mol. The van der Waals surface area contributed by atoms with Crippen LogP contribution in [0.15, 0.2) is 57.3 Å². The van der Waals surface area contributed by atoms with Gasteiger partial charge in [0.15, 0.2) is 0 Å². The molecule has 2 heterocycles. The van der Waals surface area contributed by atoms with Crippen molar-refractivity contribution in [3.05, 3.63) is 57.5 Å². The maximum absolute atomic E-state index is 5.45. The Morgan fingerprint density at radius 2 is 2.00 bits per heavy atom. The molecule has 0 bridgehead atoms. The number of thiophene rings is 1. The Balaban J connectivity index is 1.91. The molecule has 0 atom stereocenters. The highest BCUT2D eigenvalue weighted by atomic mass is 32.1. The molecule has 3 aromatic rings. The second-order valence-electron chi connectivity index (χ2n) is 4.66. The molecule has 0 radical (unpaired) electrons. The summed E-state index contributed by atoms with van der Waals surface area (Å²) in [6.07, 6.45) is 1.84. The maximum atomic E-state index is 5.45. The predicted octanol–water partition coefficient (Wildman–Crippen LogP) is 4.09. The third-order valence-electron chi connectivity index (χ3n) is 3.16. The molecule has 0 saturated heterocycles. The van der Waals surface area contributed by atoms with E-state index in [1.165, 1.54) is 4.88 Å². The van der Waals surface area contributed by atoms with Gasteiger partial charge in [0.2, 0.25) is 4.80 Å². The van der Waals surface area contributed by atoms with Crippen molar-refractivity contribution >= 4 is 28.9 Å². The van der Waals surface area contributed by atoms with Crippen LogP contribution in [0, 0.1) is 0 Å². The lowest BCUT2D eigenvalue weighted by molar-refractivity contribution is 0.340. The van der Waals surface area contributed by atoms with E-state index in [4.69, 9.17) is 4.74 Å². The van der Waals surface area contributed by atoms with E-state index in [1.807, 2.05) is 48.1 Å². The van der Waals surface area contributed by atoms with Gasteiger partial charge >= 0.3 is 0 Å². The number of hydrogen-bond donors (Lipinski definition) is 0. The largest absolute Gasteiger partial charge is 0.494 e. The van der Waals surface area contributed by atoms with E-state index in [0.717, 1.165) is 21.8 Å². The highest BCUT2D eigenvalue weighted by Gasteiger charge is 2.07. The summed E-state index contributed by atoms with van der Waals surface area (Å²) in [5.41, 5.74) is 2.08. The SMILES string of the molecule is CCOc1ccc(C=Nn2c(-c3cccs3)csc2=NC)cc1. The number of nitrogens with zero attached hydrogens (tertiary/aromatic N) is 3. The number of aromatic nitrogens is 1. The molecule has 6 heteroatoms. The number of ether oxygens (including phenoxy) is 1. The minimum Gasteiger partial charge on any atom is -0.494 e. The molecule has 23 heavy (non-hydrogen) atoms. The molecule has 3 rings (SSSR count). The highest BCUT2D eigenvalue weighted by Crippen LogP contribution is 2.25. The fraction of sp³-hybridized carbons (Fsp3) is 0.176. The summed E-state index contributed by atoms with van der Waals surface area (Å²) < 4.78 is 7.34. The van der Waals surface area contributed by atoms with Crippen LogP contribution in [0.1, 0.15) is 12.5 Å².